The zero-order chi connectivity index (χ0) is 18.8. The summed E-state index contributed by atoms with van der Waals surface area (Å²) in [5.41, 5.74) is 7.42. The fourth-order valence-electron chi connectivity index (χ4n) is 2.91. The summed E-state index contributed by atoms with van der Waals surface area (Å²) >= 11 is 0. The summed E-state index contributed by atoms with van der Waals surface area (Å²) in [4.78, 5) is 23.0. The second kappa shape index (κ2) is 6.79. The van der Waals surface area contributed by atoms with Gasteiger partial charge in [0.05, 0.1) is 25.3 Å². The van der Waals surface area contributed by atoms with E-state index in [2.05, 4.69) is 0 Å². The molecule has 0 aliphatic rings. The molecule has 0 spiro atoms. The predicted octanol–water partition coefficient (Wildman–Crippen LogP) is 2.50. The van der Waals surface area contributed by atoms with Crippen LogP contribution in [0.25, 0.3) is 10.9 Å². The van der Waals surface area contributed by atoms with E-state index in [1.54, 1.807) is 37.1 Å². The summed E-state index contributed by atoms with van der Waals surface area (Å²) in [5, 5.41) is 9.85. The Morgan fingerprint density at radius 1 is 1.08 bits per heavy atom. The number of aromatic nitrogens is 1. The largest absolute Gasteiger partial charge is 0.497 e. The third kappa shape index (κ3) is 3.19. The van der Waals surface area contributed by atoms with Gasteiger partial charge in [0.25, 0.3) is 5.91 Å². The van der Waals surface area contributed by atoms with Gasteiger partial charge in [0.15, 0.2) is 0 Å². The Bertz CT molecular complexity index is 984. The molecule has 0 bridgehead atoms. The minimum atomic E-state index is -1.04. The Labute approximate surface area is 149 Å². The average Bonchev–Trinajstić information content (AvgIpc) is 2.99. The van der Waals surface area contributed by atoms with Crippen LogP contribution in [0.4, 0.5) is 0 Å². The average molecular weight is 354 g/mol. The number of methoxy groups -OCH3 is 2. The highest BCUT2D eigenvalue weighted by molar-refractivity contribution is 6.07. The SMILES string of the molecule is COc1cc(Cn2cc(C(N)=O)c3ccc(C(=O)O)cc32)cc(OC)c1. The zero-order valence-corrected chi connectivity index (χ0v) is 14.4. The van der Waals surface area contributed by atoms with Crippen molar-refractivity contribution in [1.82, 2.24) is 4.57 Å². The highest BCUT2D eigenvalue weighted by Gasteiger charge is 2.15. The first-order valence-electron chi connectivity index (χ1n) is 7.81. The Balaban J connectivity index is 2.13. The van der Waals surface area contributed by atoms with Gasteiger partial charge in [-0.2, -0.15) is 0 Å². The standard InChI is InChI=1S/C19H18N2O5/c1-25-13-5-11(6-14(8-13)26-2)9-21-10-16(18(20)22)15-4-3-12(19(23)24)7-17(15)21/h3-8,10H,9H2,1-2H3,(H2,20,22)(H,23,24). The van der Waals surface area contributed by atoms with E-state index in [-0.39, 0.29) is 5.56 Å². The second-order valence-corrected chi connectivity index (χ2v) is 5.79. The highest BCUT2D eigenvalue weighted by Crippen LogP contribution is 2.27. The molecule has 0 unspecified atom stereocenters. The minimum absolute atomic E-state index is 0.135. The molecule has 0 fully saturated rings. The number of ether oxygens (including phenoxy) is 2. The van der Waals surface area contributed by atoms with Crippen molar-refractivity contribution in [2.24, 2.45) is 5.73 Å². The predicted molar refractivity (Wildman–Crippen MR) is 96.1 cm³/mol. The normalized spacial score (nSPS) is 10.7. The van der Waals surface area contributed by atoms with Crippen LogP contribution in [0.5, 0.6) is 11.5 Å². The van der Waals surface area contributed by atoms with Crippen molar-refractivity contribution >= 4 is 22.8 Å². The van der Waals surface area contributed by atoms with Crippen LogP contribution >= 0.6 is 0 Å². The first-order chi connectivity index (χ1) is 12.4. The van der Waals surface area contributed by atoms with Gasteiger partial charge in [-0.15, -0.1) is 0 Å². The number of nitrogens with zero attached hydrogens (tertiary/aromatic N) is 1. The lowest BCUT2D eigenvalue weighted by molar-refractivity contribution is 0.0696. The highest BCUT2D eigenvalue weighted by atomic mass is 16.5. The van der Waals surface area contributed by atoms with Crippen molar-refractivity contribution in [3.05, 3.63) is 59.3 Å². The monoisotopic (exact) mass is 354 g/mol. The molecular weight excluding hydrogens is 336 g/mol. The lowest BCUT2D eigenvalue weighted by Gasteiger charge is -2.10. The molecule has 0 radical (unpaired) electrons. The van der Waals surface area contributed by atoms with Crippen molar-refractivity contribution in [3.63, 3.8) is 0 Å². The summed E-state index contributed by atoms with van der Waals surface area (Å²) in [6.07, 6.45) is 1.63. The lowest BCUT2D eigenvalue weighted by atomic mass is 10.1. The third-order valence-corrected chi connectivity index (χ3v) is 4.16. The van der Waals surface area contributed by atoms with Gasteiger partial charge < -0.3 is 24.9 Å². The van der Waals surface area contributed by atoms with E-state index in [0.29, 0.717) is 34.5 Å². The zero-order valence-electron chi connectivity index (χ0n) is 14.4. The maximum absolute atomic E-state index is 11.8. The van der Waals surface area contributed by atoms with Crippen molar-refractivity contribution in [2.45, 2.75) is 6.54 Å². The number of carboxylic acids is 1. The van der Waals surface area contributed by atoms with Crippen LogP contribution in [0.3, 0.4) is 0 Å². The molecule has 134 valence electrons. The van der Waals surface area contributed by atoms with Crippen LogP contribution in [-0.4, -0.2) is 35.8 Å². The number of hydrogen-bond acceptors (Lipinski definition) is 4. The number of carbonyl (C=O) groups is 2. The minimum Gasteiger partial charge on any atom is -0.497 e. The maximum Gasteiger partial charge on any atom is 0.335 e. The Morgan fingerprint density at radius 3 is 2.27 bits per heavy atom. The fraction of sp³-hybridized carbons (Fsp3) is 0.158. The second-order valence-electron chi connectivity index (χ2n) is 5.79. The van der Waals surface area contributed by atoms with E-state index in [9.17, 15) is 14.7 Å². The molecule has 26 heavy (non-hydrogen) atoms. The summed E-state index contributed by atoms with van der Waals surface area (Å²) in [5.74, 6) is -0.335. The molecule has 0 saturated heterocycles. The fourth-order valence-corrected chi connectivity index (χ4v) is 2.91. The Kier molecular flexibility index (Phi) is 4.53. The molecule has 0 atom stereocenters. The maximum atomic E-state index is 11.8. The Hall–Kier alpha value is -3.48. The van der Waals surface area contributed by atoms with E-state index in [1.807, 2.05) is 12.1 Å². The number of aromatic carboxylic acids is 1. The molecule has 0 aliphatic carbocycles. The van der Waals surface area contributed by atoms with Gasteiger partial charge in [0.2, 0.25) is 0 Å². The third-order valence-electron chi connectivity index (χ3n) is 4.16. The van der Waals surface area contributed by atoms with Crippen LogP contribution in [0.15, 0.2) is 42.6 Å². The molecule has 0 aliphatic heterocycles. The van der Waals surface area contributed by atoms with Gasteiger partial charge in [0.1, 0.15) is 11.5 Å². The van der Waals surface area contributed by atoms with Crippen LogP contribution in [0, 0.1) is 0 Å². The topological polar surface area (TPSA) is 104 Å². The number of primary amides is 1. The van der Waals surface area contributed by atoms with E-state index in [0.717, 1.165) is 5.56 Å². The number of nitrogens with two attached hydrogens (primary N) is 1. The van der Waals surface area contributed by atoms with Crippen LogP contribution in [0.2, 0.25) is 0 Å². The first kappa shape index (κ1) is 17.3. The molecule has 1 heterocycles. The van der Waals surface area contributed by atoms with E-state index in [1.165, 1.54) is 12.1 Å². The molecule has 2 aromatic carbocycles. The number of carbonyl (C=O) groups excluding carboxylic acids is 1. The Morgan fingerprint density at radius 2 is 1.73 bits per heavy atom. The summed E-state index contributed by atoms with van der Waals surface area (Å²) in [7, 11) is 3.13. The molecule has 0 saturated carbocycles. The number of carboxylic acid groups (broad SMARTS) is 1. The molecule has 7 nitrogen and oxygen atoms in total. The van der Waals surface area contributed by atoms with Crippen molar-refractivity contribution in [3.8, 4) is 11.5 Å². The van der Waals surface area contributed by atoms with Gasteiger partial charge in [-0.25, -0.2) is 4.79 Å². The molecule has 3 aromatic rings. The lowest BCUT2D eigenvalue weighted by Crippen LogP contribution is -2.10. The first-order valence-corrected chi connectivity index (χ1v) is 7.81. The van der Waals surface area contributed by atoms with Crippen molar-refractivity contribution < 1.29 is 24.2 Å². The quantitative estimate of drug-likeness (QED) is 0.708. The van der Waals surface area contributed by atoms with Crippen molar-refractivity contribution in [2.75, 3.05) is 14.2 Å². The van der Waals surface area contributed by atoms with Gasteiger partial charge >= 0.3 is 5.97 Å². The van der Waals surface area contributed by atoms with Crippen LogP contribution in [-0.2, 0) is 6.54 Å². The molecule has 1 aromatic heterocycles. The number of rotatable bonds is 6. The molecule has 3 N–H and O–H groups in total. The molecule has 1 amide bonds. The molecule has 3 rings (SSSR count). The summed E-state index contributed by atoms with van der Waals surface area (Å²) in [6, 6.07) is 10.0. The van der Waals surface area contributed by atoms with Crippen LogP contribution in [0.1, 0.15) is 26.3 Å². The van der Waals surface area contributed by atoms with E-state index >= 15 is 0 Å². The van der Waals surface area contributed by atoms with Crippen LogP contribution < -0.4 is 15.2 Å². The smallest absolute Gasteiger partial charge is 0.335 e. The summed E-state index contributed by atoms with van der Waals surface area (Å²) < 4.78 is 12.3. The number of hydrogen-bond donors (Lipinski definition) is 2. The van der Waals surface area contributed by atoms with Gasteiger partial charge in [-0.05, 0) is 29.8 Å². The van der Waals surface area contributed by atoms with Gasteiger partial charge in [-0.3, -0.25) is 4.79 Å². The van der Waals surface area contributed by atoms with E-state index in [4.69, 9.17) is 15.2 Å². The van der Waals surface area contributed by atoms with Crippen molar-refractivity contribution in [1.29, 1.82) is 0 Å². The van der Waals surface area contributed by atoms with Gasteiger partial charge in [0, 0.05) is 29.7 Å². The van der Waals surface area contributed by atoms with E-state index < -0.39 is 11.9 Å². The van der Waals surface area contributed by atoms with Gasteiger partial charge in [-0.1, -0.05) is 6.07 Å². The number of fused-ring (bicyclic) bond motifs is 1. The summed E-state index contributed by atoms with van der Waals surface area (Å²) in [6.45, 7) is 0.389. The number of amides is 1. The molecular formula is C19H18N2O5. The molecule has 7 heteroatoms. The number of benzene rings is 2.